The first kappa shape index (κ1) is 18.8. The van der Waals surface area contributed by atoms with Crippen molar-refractivity contribution in [1.29, 1.82) is 0 Å². The molecule has 2 heterocycles. The highest BCUT2D eigenvalue weighted by molar-refractivity contribution is 7.18. The topological polar surface area (TPSA) is 120 Å². The molecule has 10 heteroatoms. The Morgan fingerprint density at radius 1 is 1.30 bits per heavy atom. The molecule has 2 aromatic rings. The van der Waals surface area contributed by atoms with Crippen LogP contribution in [0.5, 0.6) is 0 Å². The lowest BCUT2D eigenvalue weighted by molar-refractivity contribution is -0.153. The fourth-order valence-corrected chi connectivity index (χ4v) is 3.77. The van der Waals surface area contributed by atoms with Crippen molar-refractivity contribution in [2.24, 2.45) is 0 Å². The van der Waals surface area contributed by atoms with Gasteiger partial charge in [-0.25, -0.2) is 14.6 Å². The first-order valence-electron chi connectivity index (χ1n) is 8.33. The van der Waals surface area contributed by atoms with Gasteiger partial charge in [-0.05, 0) is 31.5 Å². The van der Waals surface area contributed by atoms with E-state index < -0.39 is 29.9 Å². The minimum atomic E-state index is -1.35. The number of carbonyl (C=O) groups is 4. The van der Waals surface area contributed by atoms with E-state index in [1.807, 2.05) is 6.92 Å². The molecule has 3 rings (SSSR count). The van der Waals surface area contributed by atoms with Gasteiger partial charge in [-0.15, -0.1) is 11.3 Å². The van der Waals surface area contributed by atoms with Gasteiger partial charge in [0.2, 0.25) is 0 Å². The number of carboxylic acid groups (broad SMARTS) is 1. The number of likely N-dealkylation sites (N-methyl/N-ethyl adjacent to an activating group) is 1. The third kappa shape index (κ3) is 3.61. The number of aryl methyl sites for hydroxylation is 1. The molecule has 1 saturated heterocycles. The summed E-state index contributed by atoms with van der Waals surface area (Å²) in [5.74, 6) is -3.00. The summed E-state index contributed by atoms with van der Waals surface area (Å²) in [6.07, 6.45) is 0. The van der Waals surface area contributed by atoms with Crippen LogP contribution in [0.25, 0.3) is 10.2 Å². The molecular weight excluding hydrogens is 372 g/mol. The molecule has 2 N–H and O–H groups in total. The second-order valence-electron chi connectivity index (χ2n) is 6.02. The Labute approximate surface area is 158 Å². The van der Waals surface area contributed by atoms with Crippen LogP contribution in [0.3, 0.4) is 0 Å². The van der Waals surface area contributed by atoms with Gasteiger partial charge in [0.05, 0.1) is 15.2 Å². The van der Waals surface area contributed by atoms with Gasteiger partial charge >= 0.3 is 23.8 Å². The Balaban J connectivity index is 1.81. The van der Waals surface area contributed by atoms with Crippen molar-refractivity contribution in [3.63, 3.8) is 0 Å². The van der Waals surface area contributed by atoms with Crippen LogP contribution in [0.1, 0.15) is 23.5 Å². The molecule has 0 bridgehead atoms. The number of carboxylic acids is 1. The minimum Gasteiger partial charge on any atom is -0.479 e. The first-order valence-corrected chi connectivity index (χ1v) is 9.14. The third-order valence-corrected chi connectivity index (χ3v) is 5.24. The standard InChI is InChI=1S/C17H18N4O5S/c1-3-20-6-7-21(15(23)14(20)22)17(26)19-13(16(24)25)10-4-5-11-12(8-10)27-9(2)18-11/h4-5,8,13H,3,6-7H2,1-2H3,(H,19,26)(H,24,25). The van der Waals surface area contributed by atoms with Crippen molar-refractivity contribution < 1.29 is 24.3 Å². The number of nitrogens with zero attached hydrogens (tertiary/aromatic N) is 3. The zero-order chi connectivity index (χ0) is 19.7. The number of carbonyl (C=O) groups excluding carboxylic acids is 3. The highest BCUT2D eigenvalue weighted by atomic mass is 32.1. The maximum Gasteiger partial charge on any atom is 0.330 e. The Morgan fingerprint density at radius 3 is 2.70 bits per heavy atom. The summed E-state index contributed by atoms with van der Waals surface area (Å²) in [6.45, 7) is 4.19. The fraction of sp³-hybridized carbons (Fsp3) is 0.353. The molecule has 0 radical (unpaired) electrons. The number of rotatable bonds is 4. The van der Waals surface area contributed by atoms with E-state index in [9.17, 15) is 24.3 Å². The summed E-state index contributed by atoms with van der Waals surface area (Å²) in [6, 6.07) is 2.66. The van der Waals surface area contributed by atoms with Gasteiger partial charge in [-0.1, -0.05) is 6.07 Å². The second kappa shape index (κ2) is 7.31. The van der Waals surface area contributed by atoms with Gasteiger partial charge in [0, 0.05) is 19.6 Å². The van der Waals surface area contributed by atoms with E-state index in [2.05, 4.69) is 10.3 Å². The average Bonchev–Trinajstić information content (AvgIpc) is 3.00. The minimum absolute atomic E-state index is 0.0175. The SMILES string of the molecule is CCN1CCN(C(=O)NC(C(=O)O)c2ccc3nc(C)sc3c2)C(=O)C1=O. The van der Waals surface area contributed by atoms with E-state index in [4.69, 9.17) is 0 Å². The van der Waals surface area contributed by atoms with Crippen LogP contribution in [0.4, 0.5) is 4.79 Å². The maximum atomic E-state index is 12.5. The Bertz CT molecular complexity index is 941. The molecule has 1 atom stereocenters. The van der Waals surface area contributed by atoms with Gasteiger partial charge in [0.1, 0.15) is 0 Å². The lowest BCUT2D eigenvalue weighted by Crippen LogP contribution is -2.58. The predicted molar refractivity (Wildman–Crippen MR) is 97.2 cm³/mol. The molecule has 0 saturated carbocycles. The van der Waals surface area contributed by atoms with Crippen LogP contribution in [0, 0.1) is 6.92 Å². The molecule has 9 nitrogen and oxygen atoms in total. The molecule has 142 valence electrons. The molecule has 1 aliphatic heterocycles. The number of thiazole rings is 1. The summed E-state index contributed by atoms with van der Waals surface area (Å²) >= 11 is 1.41. The van der Waals surface area contributed by atoms with E-state index in [1.54, 1.807) is 25.1 Å². The van der Waals surface area contributed by atoms with Crippen LogP contribution >= 0.6 is 11.3 Å². The lowest BCUT2D eigenvalue weighted by Gasteiger charge is -2.32. The van der Waals surface area contributed by atoms with Crippen LogP contribution in [-0.2, 0) is 14.4 Å². The Morgan fingerprint density at radius 2 is 2.04 bits per heavy atom. The summed E-state index contributed by atoms with van der Waals surface area (Å²) in [5, 5.41) is 12.7. The van der Waals surface area contributed by atoms with Crippen molar-refractivity contribution in [2.75, 3.05) is 19.6 Å². The maximum absolute atomic E-state index is 12.5. The Kier molecular flexibility index (Phi) is 5.08. The number of amides is 4. The molecule has 27 heavy (non-hydrogen) atoms. The number of imide groups is 1. The van der Waals surface area contributed by atoms with Gasteiger partial charge < -0.3 is 15.3 Å². The molecular formula is C17H18N4O5S. The number of piperazine rings is 1. The molecule has 1 fully saturated rings. The normalized spacial score (nSPS) is 15.9. The zero-order valence-corrected chi connectivity index (χ0v) is 15.6. The number of aliphatic carboxylic acids is 1. The molecule has 1 aromatic heterocycles. The highest BCUT2D eigenvalue weighted by Crippen LogP contribution is 2.25. The number of benzene rings is 1. The second-order valence-corrected chi connectivity index (χ2v) is 7.26. The quantitative estimate of drug-likeness (QED) is 0.755. The van der Waals surface area contributed by atoms with E-state index in [0.717, 1.165) is 20.1 Å². The monoisotopic (exact) mass is 390 g/mol. The molecule has 1 aromatic carbocycles. The molecule has 4 amide bonds. The van der Waals surface area contributed by atoms with E-state index in [1.165, 1.54) is 16.2 Å². The van der Waals surface area contributed by atoms with Crippen molar-refractivity contribution >= 4 is 45.4 Å². The van der Waals surface area contributed by atoms with Crippen molar-refractivity contribution in [3.8, 4) is 0 Å². The van der Waals surface area contributed by atoms with Crippen molar-refractivity contribution in [3.05, 3.63) is 28.8 Å². The number of hydrogen-bond donors (Lipinski definition) is 2. The largest absolute Gasteiger partial charge is 0.479 e. The van der Waals surface area contributed by atoms with Crippen LogP contribution < -0.4 is 5.32 Å². The van der Waals surface area contributed by atoms with E-state index >= 15 is 0 Å². The van der Waals surface area contributed by atoms with Crippen molar-refractivity contribution in [2.45, 2.75) is 19.9 Å². The van der Waals surface area contributed by atoms with E-state index in [0.29, 0.717) is 12.1 Å². The highest BCUT2D eigenvalue weighted by Gasteiger charge is 2.37. The number of aromatic nitrogens is 1. The van der Waals surface area contributed by atoms with Crippen LogP contribution in [0.15, 0.2) is 18.2 Å². The molecule has 1 aliphatic rings. The number of fused-ring (bicyclic) bond motifs is 1. The van der Waals surface area contributed by atoms with Crippen LogP contribution in [0.2, 0.25) is 0 Å². The Hall–Kier alpha value is -3.01. The molecule has 1 unspecified atom stereocenters. The third-order valence-electron chi connectivity index (χ3n) is 4.30. The van der Waals surface area contributed by atoms with Gasteiger partial charge in [-0.2, -0.15) is 0 Å². The summed E-state index contributed by atoms with van der Waals surface area (Å²) in [4.78, 5) is 54.6. The predicted octanol–water partition coefficient (Wildman–Crippen LogP) is 1.13. The van der Waals surface area contributed by atoms with Crippen LogP contribution in [-0.4, -0.2) is 63.3 Å². The van der Waals surface area contributed by atoms with Gasteiger partial charge in [0.25, 0.3) is 0 Å². The number of hydrogen-bond acceptors (Lipinski definition) is 6. The van der Waals surface area contributed by atoms with Gasteiger partial charge in [0.15, 0.2) is 6.04 Å². The molecule has 0 aliphatic carbocycles. The fourth-order valence-electron chi connectivity index (χ4n) is 2.90. The summed E-state index contributed by atoms with van der Waals surface area (Å²) in [7, 11) is 0. The first-order chi connectivity index (χ1) is 12.8. The molecule has 0 spiro atoms. The smallest absolute Gasteiger partial charge is 0.330 e. The van der Waals surface area contributed by atoms with Crippen molar-refractivity contribution in [1.82, 2.24) is 20.1 Å². The van der Waals surface area contributed by atoms with Gasteiger partial charge in [-0.3, -0.25) is 14.5 Å². The summed E-state index contributed by atoms with van der Waals surface area (Å²) in [5.41, 5.74) is 1.10. The lowest BCUT2D eigenvalue weighted by atomic mass is 10.1. The average molecular weight is 390 g/mol. The number of nitrogens with one attached hydrogen (secondary N) is 1. The summed E-state index contributed by atoms with van der Waals surface area (Å²) < 4.78 is 0.799. The zero-order valence-electron chi connectivity index (χ0n) is 14.8. The van der Waals surface area contributed by atoms with E-state index in [-0.39, 0.29) is 13.1 Å². The number of urea groups is 1.